The number of aromatic nitrogens is 3. The van der Waals surface area contributed by atoms with Crippen LogP contribution in [-0.4, -0.2) is 47.8 Å². The number of carbonyl (C=O) groups excluding carboxylic acids is 1. The van der Waals surface area contributed by atoms with Crippen LogP contribution >= 0.6 is 11.3 Å². The topological polar surface area (TPSA) is 102 Å². The maximum absolute atomic E-state index is 12.1. The molecule has 2 heterocycles. The molecule has 9 heteroatoms. The predicted octanol–water partition coefficient (Wildman–Crippen LogP) is 1.07. The fourth-order valence-corrected chi connectivity index (χ4v) is 3.33. The van der Waals surface area contributed by atoms with Gasteiger partial charge in [0.1, 0.15) is 14.7 Å². The molecular formula is C13H16N4O3S2. The molecule has 0 spiro atoms. The first-order valence-corrected chi connectivity index (χ1v) is 9.45. The van der Waals surface area contributed by atoms with Gasteiger partial charge in [0.05, 0.1) is 11.4 Å². The zero-order valence-electron chi connectivity index (χ0n) is 12.2. The van der Waals surface area contributed by atoms with Crippen LogP contribution in [0.4, 0.5) is 0 Å². The molecule has 0 saturated carbocycles. The van der Waals surface area contributed by atoms with Crippen molar-refractivity contribution in [3.63, 3.8) is 0 Å². The van der Waals surface area contributed by atoms with E-state index in [1.807, 2.05) is 0 Å². The Morgan fingerprint density at radius 3 is 2.64 bits per heavy atom. The first kappa shape index (κ1) is 16.5. The molecule has 2 rings (SSSR count). The van der Waals surface area contributed by atoms with Gasteiger partial charge in [0.15, 0.2) is 10.8 Å². The molecule has 0 unspecified atom stereocenters. The summed E-state index contributed by atoms with van der Waals surface area (Å²) in [6, 6.07) is 1.71. The number of carbonyl (C=O) groups is 1. The Labute approximate surface area is 132 Å². The van der Waals surface area contributed by atoms with Crippen molar-refractivity contribution < 1.29 is 13.2 Å². The van der Waals surface area contributed by atoms with Crippen LogP contribution in [0.25, 0.3) is 10.8 Å². The van der Waals surface area contributed by atoms with Crippen LogP contribution in [0.5, 0.6) is 0 Å². The molecule has 0 aliphatic rings. The van der Waals surface area contributed by atoms with Crippen molar-refractivity contribution in [3.05, 3.63) is 29.0 Å². The van der Waals surface area contributed by atoms with Gasteiger partial charge >= 0.3 is 0 Å². The minimum absolute atomic E-state index is 0.0536. The van der Waals surface area contributed by atoms with Gasteiger partial charge in [-0.05, 0) is 19.4 Å². The molecule has 0 radical (unpaired) electrons. The van der Waals surface area contributed by atoms with Gasteiger partial charge in [0.25, 0.3) is 5.91 Å². The van der Waals surface area contributed by atoms with Crippen molar-refractivity contribution >= 4 is 27.1 Å². The van der Waals surface area contributed by atoms with Crippen LogP contribution < -0.4 is 5.32 Å². The van der Waals surface area contributed by atoms with Gasteiger partial charge in [-0.2, -0.15) is 0 Å². The minimum Gasteiger partial charge on any atom is -0.351 e. The van der Waals surface area contributed by atoms with Gasteiger partial charge < -0.3 is 5.32 Å². The van der Waals surface area contributed by atoms with Gasteiger partial charge in [-0.3, -0.25) is 4.79 Å². The lowest BCUT2D eigenvalue weighted by molar-refractivity contribution is 0.0957. The summed E-state index contributed by atoms with van der Waals surface area (Å²) in [6.45, 7) is 2.05. The Kier molecular flexibility index (Phi) is 5.19. The van der Waals surface area contributed by atoms with E-state index in [1.54, 1.807) is 25.4 Å². The maximum atomic E-state index is 12.1. The van der Waals surface area contributed by atoms with E-state index >= 15 is 0 Å². The molecule has 22 heavy (non-hydrogen) atoms. The van der Waals surface area contributed by atoms with Crippen molar-refractivity contribution in [1.29, 1.82) is 0 Å². The summed E-state index contributed by atoms with van der Waals surface area (Å²) in [7, 11) is -3.00. The third kappa shape index (κ3) is 4.57. The fourth-order valence-electron chi connectivity index (χ4n) is 1.73. The molecule has 1 amide bonds. The number of thiazole rings is 1. The van der Waals surface area contributed by atoms with Crippen LogP contribution in [0.1, 0.15) is 21.8 Å². The molecule has 0 saturated heterocycles. The van der Waals surface area contributed by atoms with E-state index in [4.69, 9.17) is 0 Å². The number of aryl methyl sites for hydroxylation is 1. The van der Waals surface area contributed by atoms with Crippen molar-refractivity contribution in [2.45, 2.75) is 13.3 Å². The minimum atomic E-state index is -3.00. The van der Waals surface area contributed by atoms with Gasteiger partial charge in [-0.1, -0.05) is 0 Å². The second-order valence-corrected chi connectivity index (χ2v) is 8.00. The van der Waals surface area contributed by atoms with E-state index in [2.05, 4.69) is 20.3 Å². The first-order valence-electron chi connectivity index (χ1n) is 6.57. The lowest BCUT2D eigenvalue weighted by atomic mass is 10.3. The number of nitrogens with zero attached hydrogens (tertiary/aromatic N) is 3. The van der Waals surface area contributed by atoms with E-state index in [1.165, 1.54) is 17.6 Å². The predicted molar refractivity (Wildman–Crippen MR) is 84.5 cm³/mol. The highest BCUT2D eigenvalue weighted by Gasteiger charge is 2.17. The van der Waals surface area contributed by atoms with Crippen LogP contribution in [0.3, 0.4) is 0 Å². The van der Waals surface area contributed by atoms with Gasteiger partial charge in [-0.25, -0.2) is 23.4 Å². The van der Waals surface area contributed by atoms with Gasteiger partial charge in [0, 0.05) is 25.2 Å². The second-order valence-electron chi connectivity index (χ2n) is 4.75. The zero-order chi connectivity index (χ0) is 16.2. The molecule has 0 atom stereocenters. The second kappa shape index (κ2) is 6.93. The van der Waals surface area contributed by atoms with Gasteiger partial charge in [-0.15, -0.1) is 11.3 Å². The number of hydrogen-bond donors (Lipinski definition) is 1. The largest absolute Gasteiger partial charge is 0.351 e. The van der Waals surface area contributed by atoms with Crippen molar-refractivity contribution in [3.8, 4) is 10.8 Å². The Morgan fingerprint density at radius 1 is 1.32 bits per heavy atom. The van der Waals surface area contributed by atoms with Crippen LogP contribution in [-0.2, 0) is 9.84 Å². The van der Waals surface area contributed by atoms with Crippen molar-refractivity contribution in [2.24, 2.45) is 0 Å². The lowest BCUT2D eigenvalue weighted by Crippen LogP contribution is -2.25. The summed E-state index contributed by atoms with van der Waals surface area (Å²) >= 11 is 1.22. The van der Waals surface area contributed by atoms with Crippen LogP contribution in [0.15, 0.2) is 18.5 Å². The van der Waals surface area contributed by atoms with Crippen molar-refractivity contribution in [2.75, 3.05) is 18.6 Å². The Balaban J connectivity index is 2.00. The third-order valence-electron chi connectivity index (χ3n) is 2.74. The highest BCUT2D eigenvalue weighted by Crippen LogP contribution is 2.24. The fraction of sp³-hybridized carbons (Fsp3) is 0.385. The molecule has 1 N–H and O–H groups in total. The first-order chi connectivity index (χ1) is 10.4. The lowest BCUT2D eigenvalue weighted by Gasteiger charge is -2.03. The average Bonchev–Trinajstić information content (AvgIpc) is 2.85. The number of sulfone groups is 1. The van der Waals surface area contributed by atoms with Gasteiger partial charge in [0.2, 0.25) is 0 Å². The number of hydrogen-bond acceptors (Lipinski definition) is 7. The Morgan fingerprint density at radius 2 is 2.00 bits per heavy atom. The molecule has 7 nitrogen and oxygen atoms in total. The molecule has 0 fully saturated rings. The molecule has 0 bridgehead atoms. The Hall–Kier alpha value is -1.87. The monoisotopic (exact) mass is 340 g/mol. The highest BCUT2D eigenvalue weighted by atomic mass is 32.2. The molecule has 0 aliphatic carbocycles. The zero-order valence-corrected chi connectivity index (χ0v) is 13.9. The number of amides is 1. The molecule has 118 valence electrons. The van der Waals surface area contributed by atoms with Crippen LogP contribution in [0.2, 0.25) is 0 Å². The molecule has 0 aromatic carbocycles. The normalized spacial score (nSPS) is 11.4. The maximum Gasteiger partial charge on any atom is 0.263 e. The molecule has 0 aliphatic heterocycles. The number of nitrogens with one attached hydrogen (secondary N) is 1. The molecular weight excluding hydrogens is 324 g/mol. The van der Waals surface area contributed by atoms with E-state index in [-0.39, 0.29) is 11.7 Å². The number of rotatable bonds is 6. The average molecular weight is 340 g/mol. The quantitative estimate of drug-likeness (QED) is 0.789. The van der Waals surface area contributed by atoms with E-state index < -0.39 is 9.84 Å². The van der Waals surface area contributed by atoms with E-state index in [0.717, 1.165) is 0 Å². The summed E-state index contributed by atoms with van der Waals surface area (Å²) in [5.41, 5.74) is 0.605. The summed E-state index contributed by atoms with van der Waals surface area (Å²) in [5.74, 6) is 0.273. The highest BCUT2D eigenvalue weighted by molar-refractivity contribution is 7.90. The van der Waals surface area contributed by atoms with Crippen molar-refractivity contribution in [1.82, 2.24) is 20.3 Å². The third-order valence-corrected chi connectivity index (χ3v) is 4.92. The SMILES string of the molecule is Cc1nc(-c2ncccn2)sc1C(=O)NCCCS(C)(=O)=O. The van der Waals surface area contributed by atoms with Crippen LogP contribution in [0, 0.1) is 6.92 Å². The van der Waals surface area contributed by atoms with E-state index in [0.29, 0.717) is 34.4 Å². The van der Waals surface area contributed by atoms with E-state index in [9.17, 15) is 13.2 Å². The summed E-state index contributed by atoms with van der Waals surface area (Å²) in [4.78, 5) is 25.1. The standard InChI is InChI=1S/C13H16N4O3S2/c1-9-10(12(18)16-7-4-8-22(2,19)20)21-13(17-9)11-14-5-3-6-15-11/h3,5-6H,4,7-8H2,1-2H3,(H,16,18). The molecule has 2 aromatic heterocycles. The summed E-state index contributed by atoms with van der Waals surface area (Å²) < 4.78 is 22.1. The Bertz CT molecular complexity index is 757. The molecule has 2 aromatic rings. The summed E-state index contributed by atoms with van der Waals surface area (Å²) in [5, 5.41) is 3.29. The smallest absolute Gasteiger partial charge is 0.263 e. The summed E-state index contributed by atoms with van der Waals surface area (Å²) in [6.07, 6.45) is 4.79.